The molecule has 1 aromatic heterocycles. The lowest BCUT2D eigenvalue weighted by Crippen LogP contribution is -2.39. The zero-order valence-corrected chi connectivity index (χ0v) is 20.5. The maximum Gasteiger partial charge on any atom is 0.257 e. The standard InChI is InChI=1S/C26H28FN3O4S/c1-14-6-4-12-30(14)26(33)16-7-3-8-17(20(16)27)28-22-23(25(32)24(22)31)29-21(19-9-5-13-35-19)18-11-10-15(2)34-18/h3,7-8,10-11,14,19,21,28-29H,4-6,9,12-13H2,1-2H3/t14-,19-,21?/m1/s1. The number of carbonyl (C=O) groups excluding carboxylic acids is 1. The molecular formula is C26H28FN3O4S. The van der Waals surface area contributed by atoms with Crippen LogP contribution >= 0.6 is 11.8 Å². The fraction of sp³-hybridized carbons (Fsp3) is 0.423. The van der Waals surface area contributed by atoms with Gasteiger partial charge in [0.2, 0.25) is 0 Å². The van der Waals surface area contributed by atoms with Gasteiger partial charge in [-0.15, -0.1) is 0 Å². The van der Waals surface area contributed by atoms with E-state index in [1.54, 1.807) is 22.7 Å². The molecule has 3 aromatic rings. The highest BCUT2D eigenvalue weighted by molar-refractivity contribution is 8.00. The lowest BCUT2D eigenvalue weighted by molar-refractivity contribution is 0.0743. The molecule has 184 valence electrons. The van der Waals surface area contributed by atoms with Crippen molar-refractivity contribution in [2.24, 2.45) is 0 Å². The minimum Gasteiger partial charge on any atom is -0.464 e. The van der Waals surface area contributed by atoms with Crippen molar-refractivity contribution in [3.8, 4) is 0 Å². The van der Waals surface area contributed by atoms with E-state index < -0.39 is 16.7 Å². The summed E-state index contributed by atoms with van der Waals surface area (Å²) in [5.74, 6) is 1.36. The number of carbonyl (C=O) groups is 1. The van der Waals surface area contributed by atoms with Gasteiger partial charge in [0.05, 0.1) is 17.3 Å². The number of benzene rings is 1. The van der Waals surface area contributed by atoms with Gasteiger partial charge in [0.1, 0.15) is 22.9 Å². The van der Waals surface area contributed by atoms with E-state index in [4.69, 9.17) is 4.42 Å². The van der Waals surface area contributed by atoms with Crippen LogP contribution in [0.15, 0.2) is 44.3 Å². The van der Waals surface area contributed by atoms with Gasteiger partial charge in [-0.05, 0) is 69.5 Å². The molecule has 1 amide bonds. The van der Waals surface area contributed by atoms with Crippen LogP contribution in [0.1, 0.15) is 60.5 Å². The van der Waals surface area contributed by atoms with E-state index in [1.807, 2.05) is 26.0 Å². The van der Waals surface area contributed by atoms with Gasteiger partial charge in [0.15, 0.2) is 5.82 Å². The molecule has 0 aliphatic carbocycles. The van der Waals surface area contributed by atoms with Crippen LogP contribution in [0.25, 0.3) is 0 Å². The molecule has 0 saturated carbocycles. The number of hydrogen-bond donors (Lipinski definition) is 2. The summed E-state index contributed by atoms with van der Waals surface area (Å²) >= 11 is 1.79. The third-order valence-electron chi connectivity index (χ3n) is 6.92. The molecule has 2 aliphatic rings. The molecule has 0 bridgehead atoms. The number of nitrogens with one attached hydrogen (secondary N) is 2. The van der Waals surface area contributed by atoms with E-state index in [-0.39, 0.29) is 45.9 Å². The van der Waals surface area contributed by atoms with Crippen LogP contribution in [0, 0.1) is 12.7 Å². The molecule has 3 atom stereocenters. The first kappa shape index (κ1) is 23.7. The van der Waals surface area contributed by atoms with Gasteiger partial charge in [-0.25, -0.2) is 4.39 Å². The molecular weight excluding hydrogens is 469 g/mol. The van der Waals surface area contributed by atoms with E-state index in [0.717, 1.165) is 37.2 Å². The number of anilines is 3. The number of hydrogen-bond acceptors (Lipinski definition) is 7. The van der Waals surface area contributed by atoms with Gasteiger partial charge in [0, 0.05) is 17.8 Å². The van der Waals surface area contributed by atoms with Crippen molar-refractivity contribution in [2.75, 3.05) is 22.9 Å². The Labute approximate surface area is 206 Å². The summed E-state index contributed by atoms with van der Waals surface area (Å²) in [7, 11) is 0. The Balaban J connectivity index is 1.42. The largest absolute Gasteiger partial charge is 0.464 e. The molecule has 35 heavy (non-hydrogen) atoms. The van der Waals surface area contributed by atoms with Gasteiger partial charge in [-0.1, -0.05) is 6.07 Å². The first-order chi connectivity index (χ1) is 16.8. The Hall–Kier alpha value is -3.07. The maximum absolute atomic E-state index is 15.4. The SMILES string of the molecule is Cc1ccc(C(Nc2c(Nc3cccc(C(=O)N4CCC[C@H]4C)c3F)c(=O)c2=O)[C@H]2CCCS2)o1. The second kappa shape index (κ2) is 9.53. The van der Waals surface area contributed by atoms with Crippen molar-refractivity contribution in [3.63, 3.8) is 0 Å². The first-order valence-corrected chi connectivity index (χ1v) is 13.0. The summed E-state index contributed by atoms with van der Waals surface area (Å²) < 4.78 is 21.2. The van der Waals surface area contributed by atoms with Crippen LogP contribution in [0.2, 0.25) is 0 Å². The molecule has 7 nitrogen and oxygen atoms in total. The van der Waals surface area contributed by atoms with Crippen LogP contribution in [-0.2, 0) is 0 Å². The second-order valence-corrected chi connectivity index (χ2v) is 10.7. The molecule has 0 radical (unpaired) electrons. The average Bonchev–Trinajstić information content (AvgIpc) is 3.62. The number of likely N-dealkylation sites (tertiary alicyclic amines) is 1. The number of nitrogens with zero attached hydrogens (tertiary/aromatic N) is 1. The molecule has 3 heterocycles. The second-order valence-electron chi connectivity index (χ2n) is 9.31. The van der Waals surface area contributed by atoms with Crippen LogP contribution in [0.3, 0.4) is 0 Å². The number of rotatable bonds is 7. The Bertz CT molecular complexity index is 1320. The molecule has 0 spiro atoms. The zero-order valence-electron chi connectivity index (χ0n) is 19.7. The van der Waals surface area contributed by atoms with Crippen molar-refractivity contribution in [3.05, 3.63) is 73.7 Å². The number of halogens is 1. The molecule has 1 unspecified atom stereocenters. The normalized spacial score (nSPS) is 20.9. The summed E-state index contributed by atoms with van der Waals surface area (Å²) in [5, 5.41) is 6.19. The quantitative estimate of drug-likeness (QED) is 0.456. The highest BCUT2D eigenvalue weighted by Crippen LogP contribution is 2.39. The first-order valence-electron chi connectivity index (χ1n) is 12.0. The number of furan rings is 1. The van der Waals surface area contributed by atoms with Crippen molar-refractivity contribution in [1.29, 1.82) is 0 Å². The van der Waals surface area contributed by atoms with Gasteiger partial charge in [-0.2, -0.15) is 11.8 Å². The molecule has 9 heteroatoms. The highest BCUT2D eigenvalue weighted by Gasteiger charge is 2.33. The predicted molar refractivity (Wildman–Crippen MR) is 136 cm³/mol. The van der Waals surface area contributed by atoms with Gasteiger partial charge in [-0.3, -0.25) is 14.4 Å². The fourth-order valence-electron chi connectivity index (χ4n) is 4.96. The Morgan fingerprint density at radius 2 is 1.94 bits per heavy atom. The molecule has 5 rings (SSSR count). The van der Waals surface area contributed by atoms with Crippen LogP contribution < -0.4 is 21.5 Å². The van der Waals surface area contributed by atoms with Crippen LogP contribution in [0.5, 0.6) is 0 Å². The van der Waals surface area contributed by atoms with Crippen molar-refractivity contribution < 1.29 is 13.6 Å². The Kier molecular flexibility index (Phi) is 6.44. The Morgan fingerprint density at radius 3 is 2.60 bits per heavy atom. The van der Waals surface area contributed by atoms with Gasteiger partial charge >= 0.3 is 0 Å². The predicted octanol–water partition coefficient (Wildman–Crippen LogP) is 4.74. The monoisotopic (exact) mass is 497 g/mol. The highest BCUT2D eigenvalue weighted by atomic mass is 32.2. The lowest BCUT2D eigenvalue weighted by Gasteiger charge is -2.25. The van der Waals surface area contributed by atoms with E-state index in [1.165, 1.54) is 12.1 Å². The molecule has 2 fully saturated rings. The summed E-state index contributed by atoms with van der Waals surface area (Å²) in [5.41, 5.74) is -1.32. The van der Waals surface area contributed by atoms with E-state index in [0.29, 0.717) is 12.3 Å². The van der Waals surface area contributed by atoms with Gasteiger partial charge in [0.25, 0.3) is 16.8 Å². The summed E-state index contributed by atoms with van der Waals surface area (Å²) in [4.78, 5) is 39.6. The van der Waals surface area contributed by atoms with Crippen molar-refractivity contribution in [2.45, 2.75) is 56.9 Å². The van der Waals surface area contributed by atoms with E-state index >= 15 is 4.39 Å². The molecule has 2 N–H and O–H groups in total. The number of amides is 1. The van der Waals surface area contributed by atoms with Crippen LogP contribution in [-0.4, -0.2) is 34.4 Å². The minimum atomic E-state index is -0.736. The third kappa shape index (κ3) is 4.37. The van der Waals surface area contributed by atoms with E-state index in [9.17, 15) is 14.4 Å². The minimum absolute atomic E-state index is 0.00399. The zero-order chi connectivity index (χ0) is 24.7. The topological polar surface area (TPSA) is 91.6 Å². The number of thioether (sulfide) groups is 1. The smallest absolute Gasteiger partial charge is 0.257 e. The van der Waals surface area contributed by atoms with Gasteiger partial charge < -0.3 is 20.0 Å². The summed E-state index contributed by atoms with van der Waals surface area (Å²) in [6.45, 7) is 4.40. The summed E-state index contributed by atoms with van der Waals surface area (Å²) in [6, 6.07) is 7.97. The Morgan fingerprint density at radius 1 is 1.14 bits per heavy atom. The van der Waals surface area contributed by atoms with E-state index in [2.05, 4.69) is 10.6 Å². The van der Waals surface area contributed by atoms with Crippen molar-refractivity contribution >= 4 is 34.7 Å². The maximum atomic E-state index is 15.4. The van der Waals surface area contributed by atoms with Crippen LogP contribution in [0.4, 0.5) is 21.5 Å². The number of aryl methyl sites for hydroxylation is 1. The average molecular weight is 498 g/mol. The van der Waals surface area contributed by atoms with Crippen molar-refractivity contribution in [1.82, 2.24) is 4.90 Å². The summed E-state index contributed by atoms with van der Waals surface area (Å²) in [6.07, 6.45) is 3.79. The molecule has 2 aromatic carbocycles. The lowest BCUT2D eigenvalue weighted by atomic mass is 10.0. The molecule has 2 saturated heterocycles. The third-order valence-corrected chi connectivity index (χ3v) is 8.38. The fourth-order valence-corrected chi connectivity index (χ4v) is 6.32. The molecule has 2 aliphatic heterocycles.